The molecule has 0 saturated carbocycles. The lowest BCUT2D eigenvalue weighted by Gasteiger charge is -2.26. The van der Waals surface area contributed by atoms with Crippen LogP contribution in [0, 0.1) is 5.92 Å². The molecule has 0 unspecified atom stereocenters. The first kappa shape index (κ1) is 25.8. The molecule has 3 aromatic carbocycles. The van der Waals surface area contributed by atoms with Crippen molar-refractivity contribution in [2.45, 2.75) is 26.2 Å². The SMILES string of the molecule is COc1ccc([C@@H]2CC(=O)Oc3cc(O)c4c(=O)c(O)c(-c5ccc(O)c(O)c5)oc4c32)cc1OCC(C)C. The lowest BCUT2D eigenvalue weighted by atomic mass is 9.85. The third kappa shape index (κ3) is 4.54. The van der Waals surface area contributed by atoms with Crippen LogP contribution >= 0.6 is 0 Å². The van der Waals surface area contributed by atoms with E-state index in [4.69, 9.17) is 18.6 Å². The first-order valence-corrected chi connectivity index (χ1v) is 12.2. The molecule has 10 nitrogen and oxygen atoms in total. The van der Waals surface area contributed by atoms with Crippen LogP contribution < -0.4 is 19.6 Å². The number of rotatable bonds is 6. The van der Waals surface area contributed by atoms with E-state index in [9.17, 15) is 30.0 Å². The van der Waals surface area contributed by atoms with E-state index in [0.29, 0.717) is 29.2 Å². The Morgan fingerprint density at radius 1 is 0.949 bits per heavy atom. The third-order valence-electron chi connectivity index (χ3n) is 6.47. The van der Waals surface area contributed by atoms with E-state index >= 15 is 0 Å². The molecule has 0 radical (unpaired) electrons. The van der Waals surface area contributed by atoms with Crippen molar-refractivity contribution >= 4 is 16.9 Å². The molecule has 4 aromatic rings. The maximum Gasteiger partial charge on any atom is 0.312 e. The number of carbonyl (C=O) groups is 1. The molecule has 1 atom stereocenters. The summed E-state index contributed by atoms with van der Waals surface area (Å²) in [7, 11) is 1.52. The molecule has 202 valence electrons. The summed E-state index contributed by atoms with van der Waals surface area (Å²) in [5.74, 6) is -2.58. The number of esters is 1. The predicted molar refractivity (Wildman–Crippen MR) is 140 cm³/mol. The van der Waals surface area contributed by atoms with Gasteiger partial charge >= 0.3 is 5.97 Å². The van der Waals surface area contributed by atoms with Gasteiger partial charge in [-0.05, 0) is 41.8 Å². The number of phenols is 3. The van der Waals surface area contributed by atoms with Crippen LogP contribution in [0.5, 0.6) is 40.2 Å². The number of benzene rings is 3. The average molecular weight is 535 g/mol. The Balaban J connectivity index is 1.76. The number of fused-ring (bicyclic) bond motifs is 3. The maximum absolute atomic E-state index is 13.2. The van der Waals surface area contributed by atoms with Gasteiger partial charge in [0.05, 0.1) is 20.1 Å². The Bertz CT molecular complexity index is 1670. The topological polar surface area (TPSA) is 156 Å². The van der Waals surface area contributed by atoms with Crippen LogP contribution in [0.25, 0.3) is 22.3 Å². The van der Waals surface area contributed by atoms with Gasteiger partial charge in [-0.25, -0.2) is 0 Å². The van der Waals surface area contributed by atoms with Crippen LogP contribution in [0.1, 0.15) is 37.3 Å². The second-order valence-electron chi connectivity index (χ2n) is 9.67. The van der Waals surface area contributed by atoms with E-state index in [2.05, 4.69) is 0 Å². The van der Waals surface area contributed by atoms with E-state index in [-0.39, 0.29) is 40.4 Å². The van der Waals surface area contributed by atoms with Crippen molar-refractivity contribution in [1.82, 2.24) is 0 Å². The fourth-order valence-corrected chi connectivity index (χ4v) is 4.61. The summed E-state index contributed by atoms with van der Waals surface area (Å²) < 4.78 is 22.8. The highest BCUT2D eigenvalue weighted by Crippen LogP contribution is 2.48. The first-order valence-electron chi connectivity index (χ1n) is 12.2. The Morgan fingerprint density at radius 2 is 1.72 bits per heavy atom. The molecule has 1 aliphatic heterocycles. The van der Waals surface area contributed by atoms with E-state index in [1.807, 2.05) is 13.8 Å². The molecule has 1 aliphatic rings. The number of phenolic OH excluding ortho intramolecular Hbond substituents is 3. The monoisotopic (exact) mass is 534 g/mol. The summed E-state index contributed by atoms with van der Waals surface area (Å²) >= 11 is 0. The number of hydrogen-bond acceptors (Lipinski definition) is 10. The second kappa shape index (κ2) is 9.79. The zero-order chi connectivity index (χ0) is 28.0. The largest absolute Gasteiger partial charge is 0.507 e. The van der Waals surface area contributed by atoms with Gasteiger partial charge < -0.3 is 39.1 Å². The lowest BCUT2D eigenvalue weighted by Crippen LogP contribution is -2.22. The normalized spacial score (nSPS) is 14.8. The summed E-state index contributed by atoms with van der Waals surface area (Å²) in [6, 6.07) is 9.98. The number of ether oxygens (including phenoxy) is 3. The molecule has 0 spiro atoms. The van der Waals surface area contributed by atoms with Crippen LogP contribution in [-0.2, 0) is 4.79 Å². The van der Waals surface area contributed by atoms with Crippen molar-refractivity contribution in [2.24, 2.45) is 5.92 Å². The van der Waals surface area contributed by atoms with Gasteiger partial charge in [-0.15, -0.1) is 0 Å². The minimum atomic E-state index is -0.926. The van der Waals surface area contributed by atoms with Crippen molar-refractivity contribution in [3.63, 3.8) is 0 Å². The quantitative estimate of drug-likeness (QED) is 0.154. The van der Waals surface area contributed by atoms with Crippen molar-refractivity contribution < 1.29 is 43.8 Å². The van der Waals surface area contributed by atoms with Gasteiger partial charge in [0.1, 0.15) is 22.5 Å². The number of aromatic hydroxyl groups is 4. The van der Waals surface area contributed by atoms with Gasteiger partial charge in [-0.2, -0.15) is 0 Å². The van der Waals surface area contributed by atoms with Crippen LogP contribution in [-0.4, -0.2) is 40.1 Å². The Labute approximate surface area is 222 Å². The highest BCUT2D eigenvalue weighted by molar-refractivity contribution is 5.94. The molecule has 1 aromatic heterocycles. The Morgan fingerprint density at radius 3 is 2.41 bits per heavy atom. The molecule has 0 aliphatic carbocycles. The fraction of sp³-hybridized carbons (Fsp3) is 0.241. The summed E-state index contributed by atoms with van der Waals surface area (Å²) in [6.45, 7) is 4.44. The molecule has 0 bridgehead atoms. The zero-order valence-corrected chi connectivity index (χ0v) is 21.3. The highest BCUT2D eigenvalue weighted by atomic mass is 16.5. The van der Waals surface area contributed by atoms with Crippen molar-refractivity contribution in [2.75, 3.05) is 13.7 Å². The maximum atomic E-state index is 13.2. The fourth-order valence-electron chi connectivity index (χ4n) is 4.61. The summed E-state index contributed by atoms with van der Waals surface area (Å²) in [4.78, 5) is 25.9. The van der Waals surface area contributed by atoms with Gasteiger partial charge in [0.25, 0.3) is 0 Å². The molecule has 0 fully saturated rings. The molecular weight excluding hydrogens is 508 g/mol. The predicted octanol–water partition coefficient (Wildman–Crippen LogP) is 4.77. The molecule has 2 heterocycles. The number of carbonyl (C=O) groups excluding carboxylic acids is 1. The number of hydrogen-bond donors (Lipinski definition) is 4. The van der Waals surface area contributed by atoms with Gasteiger partial charge in [0, 0.05) is 23.1 Å². The average Bonchev–Trinajstić information content (AvgIpc) is 2.90. The van der Waals surface area contributed by atoms with Crippen molar-refractivity contribution in [1.29, 1.82) is 0 Å². The Hall–Kier alpha value is -4.86. The van der Waals surface area contributed by atoms with Crippen molar-refractivity contribution in [3.05, 3.63) is 63.8 Å². The standard InChI is InChI=1S/C29H26O10/c1-13(2)12-37-21-9-14(5-7-20(21)36-3)16-10-23(33)38-22-11-19(32)25-26(34)27(35)28(39-29(25)24(16)22)15-4-6-17(30)18(31)8-15/h4-9,11,13,16,30-32,35H,10,12H2,1-3H3/t16-/m0/s1. The first-order chi connectivity index (χ1) is 18.6. The minimum Gasteiger partial charge on any atom is -0.507 e. The van der Waals surface area contributed by atoms with Gasteiger partial charge in [0.2, 0.25) is 11.2 Å². The highest BCUT2D eigenvalue weighted by Gasteiger charge is 2.35. The minimum absolute atomic E-state index is 0.00457. The van der Waals surface area contributed by atoms with E-state index in [1.54, 1.807) is 18.2 Å². The molecule has 39 heavy (non-hydrogen) atoms. The Kier molecular flexibility index (Phi) is 6.47. The van der Waals surface area contributed by atoms with Gasteiger partial charge in [-0.1, -0.05) is 19.9 Å². The van der Waals surface area contributed by atoms with Crippen molar-refractivity contribution in [3.8, 4) is 51.6 Å². The molecule has 0 amide bonds. The van der Waals surface area contributed by atoms with Gasteiger partial charge in [0.15, 0.2) is 28.8 Å². The second-order valence-corrected chi connectivity index (χ2v) is 9.67. The van der Waals surface area contributed by atoms with Crippen LogP contribution in [0.15, 0.2) is 51.7 Å². The third-order valence-corrected chi connectivity index (χ3v) is 6.47. The van der Waals surface area contributed by atoms with Crippen LogP contribution in [0.2, 0.25) is 0 Å². The van der Waals surface area contributed by atoms with Crippen LogP contribution in [0.3, 0.4) is 0 Å². The van der Waals surface area contributed by atoms with E-state index in [1.165, 1.54) is 19.2 Å². The lowest BCUT2D eigenvalue weighted by molar-refractivity contribution is -0.135. The summed E-state index contributed by atoms with van der Waals surface area (Å²) in [5, 5.41) is 40.7. The molecule has 0 saturated heterocycles. The zero-order valence-electron chi connectivity index (χ0n) is 21.3. The summed E-state index contributed by atoms with van der Waals surface area (Å²) in [5.41, 5.74) is 0.0126. The molecule has 4 N–H and O–H groups in total. The summed E-state index contributed by atoms with van der Waals surface area (Å²) in [6.07, 6.45) is -0.108. The van der Waals surface area contributed by atoms with Crippen LogP contribution in [0.4, 0.5) is 0 Å². The molecule has 10 heteroatoms. The van der Waals surface area contributed by atoms with Gasteiger partial charge in [-0.3, -0.25) is 9.59 Å². The molecule has 5 rings (SSSR count). The van der Waals surface area contributed by atoms with E-state index < -0.39 is 40.3 Å². The smallest absolute Gasteiger partial charge is 0.312 e. The number of methoxy groups -OCH3 is 1. The molecular formula is C29H26O10. The van der Waals surface area contributed by atoms with E-state index in [0.717, 1.165) is 12.1 Å².